The second-order valence-electron chi connectivity index (χ2n) is 6.14. The first-order valence-corrected chi connectivity index (χ1v) is 9.00. The second-order valence-corrected chi connectivity index (χ2v) is 6.14. The molecule has 0 aliphatic rings. The molecule has 0 saturated carbocycles. The van der Waals surface area contributed by atoms with Crippen LogP contribution in [0, 0.1) is 6.92 Å². The van der Waals surface area contributed by atoms with Gasteiger partial charge in [-0.05, 0) is 57.2 Å². The standard InChI is InChI=1S/C21H22N2O5/c1-4-25-17-9-11-18(12-10-17)26-13-19(24)27-15(3)20-22-23-21(28-20)16-7-5-14(2)6-8-16/h5-12,15H,4,13H2,1-3H3/t15-/m1/s1. The number of aromatic nitrogens is 2. The minimum absolute atomic E-state index is 0.225. The van der Waals surface area contributed by atoms with Crippen LogP contribution in [0.5, 0.6) is 11.5 Å². The molecule has 0 N–H and O–H groups in total. The van der Waals surface area contributed by atoms with Crippen molar-refractivity contribution in [3.63, 3.8) is 0 Å². The van der Waals surface area contributed by atoms with E-state index in [0.717, 1.165) is 16.9 Å². The molecule has 0 amide bonds. The Morgan fingerprint density at radius 2 is 1.64 bits per heavy atom. The number of hydrogen-bond donors (Lipinski definition) is 0. The van der Waals surface area contributed by atoms with E-state index in [1.54, 1.807) is 31.2 Å². The highest BCUT2D eigenvalue weighted by atomic mass is 16.6. The van der Waals surface area contributed by atoms with Crippen molar-refractivity contribution in [1.29, 1.82) is 0 Å². The van der Waals surface area contributed by atoms with Gasteiger partial charge >= 0.3 is 5.97 Å². The van der Waals surface area contributed by atoms with E-state index in [0.29, 0.717) is 18.2 Å². The molecule has 0 radical (unpaired) electrons. The van der Waals surface area contributed by atoms with Gasteiger partial charge in [0.1, 0.15) is 11.5 Å². The maximum atomic E-state index is 12.0. The third kappa shape index (κ3) is 5.09. The van der Waals surface area contributed by atoms with Gasteiger partial charge < -0.3 is 18.6 Å². The molecule has 7 heteroatoms. The number of aryl methyl sites for hydroxylation is 1. The van der Waals surface area contributed by atoms with E-state index in [1.165, 1.54) is 0 Å². The van der Waals surface area contributed by atoms with Crippen LogP contribution in [-0.4, -0.2) is 29.4 Å². The van der Waals surface area contributed by atoms with E-state index in [9.17, 15) is 4.79 Å². The van der Waals surface area contributed by atoms with Crippen LogP contribution in [0.25, 0.3) is 11.5 Å². The van der Waals surface area contributed by atoms with Gasteiger partial charge in [-0.15, -0.1) is 10.2 Å². The van der Waals surface area contributed by atoms with Crippen LogP contribution in [0.2, 0.25) is 0 Å². The first-order chi connectivity index (χ1) is 13.5. The van der Waals surface area contributed by atoms with Gasteiger partial charge in [0.15, 0.2) is 12.7 Å². The number of rotatable bonds is 8. The zero-order chi connectivity index (χ0) is 19.9. The summed E-state index contributed by atoms with van der Waals surface area (Å²) in [7, 11) is 0. The molecule has 0 spiro atoms. The molecule has 7 nitrogen and oxygen atoms in total. The summed E-state index contributed by atoms with van der Waals surface area (Å²) >= 11 is 0. The number of hydrogen-bond acceptors (Lipinski definition) is 7. The molecule has 3 rings (SSSR count). The molecule has 0 bridgehead atoms. The molecule has 28 heavy (non-hydrogen) atoms. The van der Waals surface area contributed by atoms with Gasteiger partial charge in [0, 0.05) is 5.56 Å². The van der Waals surface area contributed by atoms with Gasteiger partial charge in [-0.25, -0.2) is 4.79 Å². The normalized spacial score (nSPS) is 11.7. The molecular weight excluding hydrogens is 360 g/mol. The molecule has 0 fully saturated rings. The average Bonchev–Trinajstić information content (AvgIpc) is 3.19. The fourth-order valence-corrected chi connectivity index (χ4v) is 2.43. The lowest BCUT2D eigenvalue weighted by atomic mass is 10.1. The van der Waals surface area contributed by atoms with E-state index in [1.807, 2.05) is 38.1 Å². The zero-order valence-electron chi connectivity index (χ0n) is 16.0. The summed E-state index contributed by atoms with van der Waals surface area (Å²) in [6.45, 7) is 5.94. The quantitative estimate of drug-likeness (QED) is 0.542. The maximum Gasteiger partial charge on any atom is 0.344 e. The van der Waals surface area contributed by atoms with Gasteiger partial charge in [0.05, 0.1) is 6.61 Å². The van der Waals surface area contributed by atoms with Crippen LogP contribution in [0.4, 0.5) is 0 Å². The molecule has 1 aromatic heterocycles. The van der Waals surface area contributed by atoms with Crippen molar-refractivity contribution >= 4 is 5.97 Å². The summed E-state index contributed by atoms with van der Waals surface area (Å²) in [6, 6.07) is 14.7. The Morgan fingerprint density at radius 3 is 2.29 bits per heavy atom. The highest BCUT2D eigenvalue weighted by Crippen LogP contribution is 2.23. The number of carbonyl (C=O) groups excluding carboxylic acids is 1. The summed E-state index contributed by atoms with van der Waals surface area (Å²) < 4.78 is 21.7. The number of esters is 1. The topological polar surface area (TPSA) is 83.7 Å². The summed E-state index contributed by atoms with van der Waals surface area (Å²) in [5, 5.41) is 7.98. The largest absolute Gasteiger partial charge is 0.494 e. The monoisotopic (exact) mass is 382 g/mol. The van der Waals surface area contributed by atoms with E-state index in [-0.39, 0.29) is 12.5 Å². The smallest absolute Gasteiger partial charge is 0.344 e. The molecule has 146 valence electrons. The van der Waals surface area contributed by atoms with Crippen LogP contribution >= 0.6 is 0 Å². The van der Waals surface area contributed by atoms with Gasteiger partial charge in [-0.3, -0.25) is 0 Å². The lowest BCUT2D eigenvalue weighted by Gasteiger charge is -2.10. The maximum absolute atomic E-state index is 12.0. The second kappa shape index (κ2) is 9.03. The number of benzene rings is 2. The van der Waals surface area contributed by atoms with Crippen molar-refractivity contribution in [3.05, 3.63) is 60.0 Å². The van der Waals surface area contributed by atoms with Crippen molar-refractivity contribution < 1.29 is 23.4 Å². The minimum atomic E-state index is -0.678. The summed E-state index contributed by atoms with van der Waals surface area (Å²) in [4.78, 5) is 12.0. The van der Waals surface area contributed by atoms with Gasteiger partial charge in [0.25, 0.3) is 5.89 Å². The van der Waals surface area contributed by atoms with Gasteiger partial charge in [-0.2, -0.15) is 0 Å². The Kier molecular flexibility index (Phi) is 6.26. The molecule has 1 heterocycles. The fraction of sp³-hybridized carbons (Fsp3) is 0.286. The number of ether oxygens (including phenoxy) is 3. The molecule has 0 unspecified atom stereocenters. The summed E-state index contributed by atoms with van der Waals surface area (Å²) in [6.07, 6.45) is -0.678. The van der Waals surface area contributed by atoms with Crippen LogP contribution in [-0.2, 0) is 9.53 Å². The van der Waals surface area contributed by atoms with Crippen molar-refractivity contribution in [3.8, 4) is 23.0 Å². The van der Waals surface area contributed by atoms with Crippen LogP contribution in [0.15, 0.2) is 52.9 Å². The highest BCUT2D eigenvalue weighted by Gasteiger charge is 2.19. The first-order valence-electron chi connectivity index (χ1n) is 9.00. The molecule has 0 aliphatic carbocycles. The Bertz CT molecular complexity index is 903. The lowest BCUT2D eigenvalue weighted by Crippen LogP contribution is -2.17. The Morgan fingerprint density at radius 1 is 1.00 bits per heavy atom. The predicted octanol–water partition coefficient (Wildman–Crippen LogP) is 4.13. The average molecular weight is 382 g/mol. The molecule has 3 aromatic rings. The first kappa shape index (κ1) is 19.4. The van der Waals surface area contributed by atoms with Gasteiger partial charge in [0.2, 0.25) is 5.89 Å². The number of carbonyl (C=O) groups is 1. The van der Waals surface area contributed by atoms with Gasteiger partial charge in [-0.1, -0.05) is 17.7 Å². The van der Waals surface area contributed by atoms with E-state index in [2.05, 4.69) is 10.2 Å². The Balaban J connectivity index is 1.52. The molecular formula is C21H22N2O5. The molecule has 0 saturated heterocycles. The minimum Gasteiger partial charge on any atom is -0.494 e. The molecule has 2 aromatic carbocycles. The summed E-state index contributed by atoms with van der Waals surface area (Å²) in [5.74, 6) is 1.37. The van der Waals surface area contributed by atoms with Crippen molar-refractivity contribution in [2.75, 3.05) is 13.2 Å². The third-order valence-corrected chi connectivity index (χ3v) is 3.89. The van der Waals surface area contributed by atoms with E-state index >= 15 is 0 Å². The predicted molar refractivity (Wildman–Crippen MR) is 102 cm³/mol. The van der Waals surface area contributed by atoms with Crippen molar-refractivity contribution in [2.45, 2.75) is 26.9 Å². The Hall–Kier alpha value is -3.35. The fourth-order valence-electron chi connectivity index (χ4n) is 2.43. The number of nitrogens with zero attached hydrogens (tertiary/aromatic N) is 2. The third-order valence-electron chi connectivity index (χ3n) is 3.89. The molecule has 0 aliphatic heterocycles. The summed E-state index contributed by atoms with van der Waals surface area (Å²) in [5.41, 5.74) is 1.94. The van der Waals surface area contributed by atoms with Crippen molar-refractivity contribution in [1.82, 2.24) is 10.2 Å². The van der Waals surface area contributed by atoms with Crippen LogP contribution in [0.3, 0.4) is 0 Å². The lowest BCUT2D eigenvalue weighted by molar-refractivity contribution is -0.152. The van der Waals surface area contributed by atoms with E-state index < -0.39 is 12.1 Å². The van der Waals surface area contributed by atoms with Crippen LogP contribution in [0.1, 0.15) is 31.4 Å². The highest BCUT2D eigenvalue weighted by molar-refractivity contribution is 5.71. The van der Waals surface area contributed by atoms with Crippen LogP contribution < -0.4 is 9.47 Å². The zero-order valence-corrected chi connectivity index (χ0v) is 16.0. The van der Waals surface area contributed by atoms with E-state index in [4.69, 9.17) is 18.6 Å². The Labute approximate surface area is 163 Å². The SMILES string of the molecule is CCOc1ccc(OCC(=O)O[C@H](C)c2nnc(-c3ccc(C)cc3)o2)cc1. The molecule has 1 atom stereocenters. The van der Waals surface area contributed by atoms with Crippen molar-refractivity contribution in [2.24, 2.45) is 0 Å².